The Morgan fingerprint density at radius 1 is 1.58 bits per heavy atom. The number of aliphatic hydroxyl groups is 1. The van der Waals surface area contributed by atoms with Crippen LogP contribution in [0.5, 0.6) is 0 Å². The molecular weight excluding hydrogens is 251 g/mol. The summed E-state index contributed by atoms with van der Waals surface area (Å²) in [6.45, 7) is 2.02. The van der Waals surface area contributed by atoms with Crippen molar-refractivity contribution in [1.29, 1.82) is 0 Å². The molecule has 6 heteroatoms. The number of carbonyl (C=O) groups excluding carboxylic acids is 1. The molecule has 0 fully saturated rings. The lowest BCUT2D eigenvalue weighted by Gasteiger charge is -2.21. The van der Waals surface area contributed by atoms with Gasteiger partial charge in [-0.3, -0.25) is 0 Å². The van der Waals surface area contributed by atoms with Gasteiger partial charge in [0.2, 0.25) is 0 Å². The molecule has 0 heterocycles. The zero-order valence-electron chi connectivity index (χ0n) is 11.3. The fourth-order valence-corrected chi connectivity index (χ4v) is 1.62. The summed E-state index contributed by atoms with van der Waals surface area (Å²) in [5, 5.41) is 12.2. The van der Waals surface area contributed by atoms with Crippen LogP contribution in [-0.4, -0.2) is 49.5 Å². The summed E-state index contributed by atoms with van der Waals surface area (Å²) >= 11 is 0. The van der Waals surface area contributed by atoms with Crippen LogP contribution in [0.1, 0.15) is 5.56 Å². The van der Waals surface area contributed by atoms with Gasteiger partial charge in [-0.1, -0.05) is 0 Å². The van der Waals surface area contributed by atoms with Crippen LogP contribution in [0.2, 0.25) is 0 Å². The number of hydrogen-bond donors (Lipinski definition) is 2. The quantitative estimate of drug-likeness (QED) is 0.854. The molecular formula is C13H19FN2O3. The van der Waals surface area contributed by atoms with Crippen molar-refractivity contribution in [3.63, 3.8) is 0 Å². The number of aryl methyl sites for hydroxylation is 1. The van der Waals surface area contributed by atoms with Crippen LogP contribution in [-0.2, 0) is 4.74 Å². The number of aliphatic hydroxyl groups excluding tert-OH is 1. The topological polar surface area (TPSA) is 61.8 Å². The maximum absolute atomic E-state index is 12.9. The van der Waals surface area contributed by atoms with Crippen LogP contribution in [0.4, 0.5) is 14.9 Å². The van der Waals surface area contributed by atoms with E-state index >= 15 is 0 Å². The molecule has 1 aromatic carbocycles. The van der Waals surface area contributed by atoms with E-state index in [0.717, 1.165) is 0 Å². The molecule has 0 radical (unpaired) electrons. The summed E-state index contributed by atoms with van der Waals surface area (Å²) < 4.78 is 17.7. The third kappa shape index (κ3) is 4.84. The largest absolute Gasteiger partial charge is 0.389 e. The van der Waals surface area contributed by atoms with Crippen molar-refractivity contribution in [3.8, 4) is 0 Å². The summed E-state index contributed by atoms with van der Waals surface area (Å²) in [6.07, 6.45) is -0.741. The van der Waals surface area contributed by atoms with Crippen LogP contribution in [0.15, 0.2) is 18.2 Å². The molecule has 0 bridgehead atoms. The molecule has 1 atom stereocenters. The molecule has 1 rings (SSSR count). The molecule has 0 aliphatic heterocycles. The lowest BCUT2D eigenvalue weighted by atomic mass is 10.2. The Labute approximate surface area is 112 Å². The predicted molar refractivity (Wildman–Crippen MR) is 70.7 cm³/mol. The van der Waals surface area contributed by atoms with E-state index in [0.29, 0.717) is 11.3 Å². The lowest BCUT2D eigenvalue weighted by molar-refractivity contribution is 0.0501. The molecule has 2 N–H and O–H groups in total. The second-order valence-corrected chi connectivity index (χ2v) is 4.38. The van der Waals surface area contributed by atoms with Crippen molar-refractivity contribution in [2.24, 2.45) is 0 Å². The number of ether oxygens (including phenoxy) is 1. The van der Waals surface area contributed by atoms with Gasteiger partial charge in [-0.15, -0.1) is 0 Å². The van der Waals surface area contributed by atoms with Gasteiger partial charge in [-0.05, 0) is 30.7 Å². The first-order valence-electron chi connectivity index (χ1n) is 5.89. The number of methoxy groups -OCH3 is 1. The Morgan fingerprint density at radius 3 is 2.84 bits per heavy atom. The lowest BCUT2D eigenvalue weighted by Crippen LogP contribution is -2.38. The summed E-state index contributed by atoms with van der Waals surface area (Å²) in [4.78, 5) is 13.2. The van der Waals surface area contributed by atoms with Crippen molar-refractivity contribution in [1.82, 2.24) is 4.90 Å². The number of likely N-dealkylation sites (N-methyl/N-ethyl adjacent to an activating group) is 1. The van der Waals surface area contributed by atoms with E-state index in [1.165, 1.54) is 30.2 Å². The van der Waals surface area contributed by atoms with E-state index in [-0.39, 0.29) is 25.0 Å². The van der Waals surface area contributed by atoms with Crippen LogP contribution >= 0.6 is 0 Å². The van der Waals surface area contributed by atoms with Gasteiger partial charge in [0.1, 0.15) is 5.82 Å². The Hall–Kier alpha value is -1.66. The summed E-state index contributed by atoms with van der Waals surface area (Å²) in [5.41, 5.74) is 1.18. The molecule has 106 valence electrons. The molecule has 5 nitrogen and oxygen atoms in total. The molecule has 0 aromatic heterocycles. The second-order valence-electron chi connectivity index (χ2n) is 4.38. The maximum Gasteiger partial charge on any atom is 0.321 e. The standard InChI is InChI=1S/C13H19FN2O3/c1-9-6-10(14)4-5-12(9)15-13(18)16(2)7-11(17)8-19-3/h4-6,11,17H,7-8H2,1-3H3,(H,15,18). The van der Waals surface area contributed by atoms with E-state index in [1.807, 2.05) is 0 Å². The molecule has 19 heavy (non-hydrogen) atoms. The summed E-state index contributed by atoms with van der Waals surface area (Å²) in [5.74, 6) is -0.348. The first-order valence-corrected chi connectivity index (χ1v) is 5.89. The molecule has 2 amide bonds. The maximum atomic E-state index is 12.9. The first kappa shape index (κ1) is 15.4. The molecule has 0 saturated carbocycles. The van der Waals surface area contributed by atoms with Crippen LogP contribution in [0, 0.1) is 12.7 Å². The van der Waals surface area contributed by atoms with Gasteiger partial charge in [0, 0.05) is 19.8 Å². The SMILES string of the molecule is COCC(O)CN(C)C(=O)Nc1ccc(F)cc1C. The highest BCUT2D eigenvalue weighted by Crippen LogP contribution is 2.16. The normalized spacial score (nSPS) is 12.1. The minimum Gasteiger partial charge on any atom is -0.389 e. The average Bonchev–Trinajstić information content (AvgIpc) is 2.32. The number of urea groups is 1. The van der Waals surface area contributed by atoms with Crippen molar-refractivity contribution in [3.05, 3.63) is 29.6 Å². The molecule has 1 aromatic rings. The van der Waals surface area contributed by atoms with Gasteiger partial charge >= 0.3 is 6.03 Å². The summed E-state index contributed by atoms with van der Waals surface area (Å²) in [7, 11) is 3.04. The molecule has 0 spiro atoms. The Kier molecular flexibility index (Phi) is 5.72. The highest BCUT2D eigenvalue weighted by Gasteiger charge is 2.14. The number of nitrogens with zero attached hydrogens (tertiary/aromatic N) is 1. The van der Waals surface area contributed by atoms with Gasteiger partial charge in [0.05, 0.1) is 19.3 Å². The van der Waals surface area contributed by atoms with E-state index in [9.17, 15) is 14.3 Å². The van der Waals surface area contributed by atoms with Crippen LogP contribution in [0.25, 0.3) is 0 Å². The number of amides is 2. The van der Waals surface area contributed by atoms with Crippen molar-refractivity contribution in [2.45, 2.75) is 13.0 Å². The second kappa shape index (κ2) is 7.06. The Morgan fingerprint density at radius 2 is 2.26 bits per heavy atom. The van der Waals surface area contributed by atoms with Crippen molar-refractivity contribution < 1.29 is 19.0 Å². The smallest absolute Gasteiger partial charge is 0.321 e. The number of rotatable bonds is 5. The van der Waals surface area contributed by atoms with E-state index < -0.39 is 6.10 Å². The number of benzene rings is 1. The van der Waals surface area contributed by atoms with E-state index in [2.05, 4.69) is 5.32 Å². The van der Waals surface area contributed by atoms with E-state index in [4.69, 9.17) is 4.74 Å². The van der Waals surface area contributed by atoms with Crippen LogP contribution < -0.4 is 5.32 Å². The number of anilines is 1. The number of carbonyl (C=O) groups is 1. The fourth-order valence-electron chi connectivity index (χ4n) is 1.62. The Bertz CT molecular complexity index is 440. The zero-order valence-corrected chi connectivity index (χ0v) is 11.3. The minimum atomic E-state index is -0.741. The van der Waals surface area contributed by atoms with Crippen molar-refractivity contribution in [2.75, 3.05) is 32.6 Å². The monoisotopic (exact) mass is 270 g/mol. The summed E-state index contributed by atoms with van der Waals surface area (Å²) in [6, 6.07) is 3.75. The van der Waals surface area contributed by atoms with Gasteiger partial charge < -0.3 is 20.1 Å². The molecule has 0 aliphatic carbocycles. The van der Waals surface area contributed by atoms with Gasteiger partial charge in [0.15, 0.2) is 0 Å². The van der Waals surface area contributed by atoms with Gasteiger partial charge in [-0.2, -0.15) is 0 Å². The average molecular weight is 270 g/mol. The fraction of sp³-hybridized carbons (Fsp3) is 0.462. The predicted octanol–water partition coefficient (Wildman–Crippen LogP) is 1.61. The number of nitrogens with one attached hydrogen (secondary N) is 1. The first-order chi connectivity index (χ1) is 8.93. The molecule has 0 saturated heterocycles. The van der Waals surface area contributed by atoms with Gasteiger partial charge in [0.25, 0.3) is 0 Å². The van der Waals surface area contributed by atoms with E-state index in [1.54, 1.807) is 14.0 Å². The highest BCUT2D eigenvalue weighted by molar-refractivity contribution is 5.89. The van der Waals surface area contributed by atoms with Crippen molar-refractivity contribution >= 4 is 11.7 Å². The third-order valence-corrected chi connectivity index (χ3v) is 2.62. The number of halogens is 1. The Balaban J connectivity index is 2.58. The van der Waals surface area contributed by atoms with Crippen LogP contribution in [0.3, 0.4) is 0 Å². The highest BCUT2D eigenvalue weighted by atomic mass is 19.1. The third-order valence-electron chi connectivity index (χ3n) is 2.62. The number of hydrogen-bond acceptors (Lipinski definition) is 3. The molecule has 1 unspecified atom stereocenters. The van der Waals surface area contributed by atoms with Gasteiger partial charge in [-0.25, -0.2) is 9.18 Å². The molecule has 0 aliphatic rings. The minimum absolute atomic E-state index is 0.153. The zero-order chi connectivity index (χ0) is 14.4.